The monoisotopic (exact) mass is 448 g/mol. The molecule has 1 fully saturated rings. The Balaban J connectivity index is 0.00000245. The highest BCUT2D eigenvalue weighted by Gasteiger charge is 2.13. The average Bonchev–Trinajstić information content (AvgIpc) is 3.25. The minimum absolute atomic E-state index is 0. The number of imidazole rings is 1. The average molecular weight is 449 g/mol. The number of aromatic amines is 1. The standard InChI is InChI=1S/C25H24N4O2.ClH/c1-17(30)19-6-8-20(9-7-19)22-10-11-26-25-23(22)27-24(28-25)21-4-2-18(3-5-21)16-29-12-14-31-15-13-29;/h2-11H,12-16H2,1H3,(H,26,27,28);1H. The van der Waals surface area contributed by atoms with E-state index in [9.17, 15) is 4.79 Å². The van der Waals surface area contributed by atoms with Crippen LogP contribution in [0.3, 0.4) is 0 Å². The van der Waals surface area contributed by atoms with Crippen molar-refractivity contribution in [2.24, 2.45) is 0 Å². The van der Waals surface area contributed by atoms with Gasteiger partial charge in [-0.15, -0.1) is 12.4 Å². The van der Waals surface area contributed by atoms with Gasteiger partial charge in [0.15, 0.2) is 11.4 Å². The summed E-state index contributed by atoms with van der Waals surface area (Å²) in [5.74, 6) is 0.860. The number of fused-ring (bicyclic) bond motifs is 1. The summed E-state index contributed by atoms with van der Waals surface area (Å²) in [4.78, 5) is 26.6. The van der Waals surface area contributed by atoms with E-state index in [2.05, 4.69) is 39.1 Å². The highest BCUT2D eigenvalue weighted by Crippen LogP contribution is 2.29. The number of rotatable bonds is 5. The molecule has 0 unspecified atom stereocenters. The first kappa shape index (κ1) is 22.1. The second-order valence-corrected chi connectivity index (χ2v) is 7.86. The Kier molecular flexibility index (Phi) is 6.65. The number of pyridine rings is 1. The molecule has 0 saturated carbocycles. The van der Waals surface area contributed by atoms with Gasteiger partial charge in [-0.05, 0) is 24.1 Å². The van der Waals surface area contributed by atoms with Crippen LogP contribution in [0.5, 0.6) is 0 Å². The van der Waals surface area contributed by atoms with E-state index < -0.39 is 0 Å². The molecule has 0 radical (unpaired) electrons. The SMILES string of the molecule is CC(=O)c1ccc(-c2ccnc3[nH]c(-c4ccc(CN5CCOCC5)cc4)nc23)cc1.Cl. The number of carbonyl (C=O) groups is 1. The Hall–Kier alpha value is -3.06. The van der Waals surface area contributed by atoms with Crippen LogP contribution in [0.2, 0.25) is 0 Å². The Morgan fingerprint density at radius 3 is 2.38 bits per heavy atom. The van der Waals surface area contributed by atoms with Gasteiger partial charge in [0.25, 0.3) is 0 Å². The minimum Gasteiger partial charge on any atom is -0.379 e. The van der Waals surface area contributed by atoms with Gasteiger partial charge in [0.2, 0.25) is 0 Å². The summed E-state index contributed by atoms with van der Waals surface area (Å²) in [5.41, 5.74) is 6.59. The van der Waals surface area contributed by atoms with Crippen molar-refractivity contribution in [2.75, 3.05) is 26.3 Å². The van der Waals surface area contributed by atoms with Crippen molar-refractivity contribution in [1.82, 2.24) is 19.9 Å². The number of nitrogens with one attached hydrogen (secondary N) is 1. The molecular formula is C25H25ClN4O2. The molecule has 0 aliphatic carbocycles. The van der Waals surface area contributed by atoms with Crippen molar-refractivity contribution in [3.63, 3.8) is 0 Å². The number of H-pyrrole nitrogens is 1. The Bertz CT molecular complexity index is 1210. The lowest BCUT2D eigenvalue weighted by molar-refractivity contribution is 0.0342. The van der Waals surface area contributed by atoms with Crippen LogP contribution >= 0.6 is 12.4 Å². The fraction of sp³-hybridized carbons (Fsp3) is 0.240. The van der Waals surface area contributed by atoms with Gasteiger partial charge >= 0.3 is 0 Å². The molecule has 3 heterocycles. The zero-order chi connectivity index (χ0) is 21.2. The number of halogens is 1. The molecule has 2 aromatic carbocycles. The van der Waals surface area contributed by atoms with Crippen LogP contribution < -0.4 is 0 Å². The Labute approximate surface area is 193 Å². The van der Waals surface area contributed by atoms with Gasteiger partial charge in [-0.25, -0.2) is 9.97 Å². The summed E-state index contributed by atoms with van der Waals surface area (Å²) in [5, 5.41) is 0. The molecule has 1 aliphatic heterocycles. The van der Waals surface area contributed by atoms with Crippen molar-refractivity contribution in [2.45, 2.75) is 13.5 Å². The third-order valence-corrected chi connectivity index (χ3v) is 5.72. The van der Waals surface area contributed by atoms with E-state index >= 15 is 0 Å². The van der Waals surface area contributed by atoms with Crippen LogP contribution in [0.25, 0.3) is 33.7 Å². The first-order chi connectivity index (χ1) is 15.2. The molecule has 6 nitrogen and oxygen atoms in total. The van der Waals surface area contributed by atoms with Gasteiger partial charge in [0.1, 0.15) is 11.3 Å². The number of hydrogen-bond acceptors (Lipinski definition) is 5. The summed E-state index contributed by atoms with van der Waals surface area (Å²) in [7, 11) is 0. The maximum atomic E-state index is 11.6. The van der Waals surface area contributed by atoms with E-state index in [1.54, 1.807) is 13.1 Å². The van der Waals surface area contributed by atoms with Crippen molar-refractivity contribution in [3.05, 3.63) is 71.9 Å². The number of nitrogens with zero attached hydrogens (tertiary/aromatic N) is 3. The summed E-state index contributed by atoms with van der Waals surface area (Å²) >= 11 is 0. The van der Waals surface area contributed by atoms with Crippen molar-refractivity contribution in [1.29, 1.82) is 0 Å². The van der Waals surface area contributed by atoms with Gasteiger partial charge in [-0.1, -0.05) is 48.5 Å². The molecule has 0 bridgehead atoms. The molecule has 0 spiro atoms. The van der Waals surface area contributed by atoms with E-state index in [4.69, 9.17) is 9.72 Å². The molecule has 1 saturated heterocycles. The largest absolute Gasteiger partial charge is 0.379 e. The lowest BCUT2D eigenvalue weighted by Gasteiger charge is -2.26. The van der Waals surface area contributed by atoms with Crippen molar-refractivity contribution >= 4 is 29.4 Å². The molecule has 2 aromatic heterocycles. The molecule has 164 valence electrons. The molecule has 4 aromatic rings. The van der Waals surface area contributed by atoms with Crippen molar-refractivity contribution < 1.29 is 9.53 Å². The van der Waals surface area contributed by atoms with Gasteiger partial charge in [-0.2, -0.15) is 0 Å². The number of ether oxygens (including phenoxy) is 1. The summed E-state index contributed by atoms with van der Waals surface area (Å²) in [6, 6.07) is 18.1. The zero-order valence-electron chi connectivity index (χ0n) is 17.9. The first-order valence-corrected chi connectivity index (χ1v) is 10.5. The summed E-state index contributed by atoms with van der Waals surface area (Å²) in [6.07, 6.45) is 1.78. The molecule has 1 N–H and O–H groups in total. The molecule has 1 aliphatic rings. The molecule has 5 rings (SSSR count). The molecule has 0 amide bonds. The van der Waals surface area contributed by atoms with Crippen LogP contribution in [0.1, 0.15) is 22.8 Å². The topological polar surface area (TPSA) is 71.1 Å². The number of ketones is 1. The number of morpholine rings is 1. The number of benzene rings is 2. The smallest absolute Gasteiger partial charge is 0.159 e. The fourth-order valence-electron chi connectivity index (χ4n) is 3.95. The number of hydrogen-bond donors (Lipinski definition) is 1. The molecule has 7 heteroatoms. The summed E-state index contributed by atoms with van der Waals surface area (Å²) < 4.78 is 5.43. The van der Waals surface area contributed by atoms with E-state index in [-0.39, 0.29) is 18.2 Å². The van der Waals surface area contributed by atoms with Gasteiger partial charge in [0, 0.05) is 42.5 Å². The van der Waals surface area contributed by atoms with E-state index in [0.29, 0.717) is 5.56 Å². The van der Waals surface area contributed by atoms with E-state index in [1.807, 2.05) is 30.3 Å². The number of Topliss-reactive ketones (excluding diaryl/α,β-unsaturated/α-hetero) is 1. The number of aromatic nitrogens is 3. The fourth-order valence-corrected chi connectivity index (χ4v) is 3.95. The maximum Gasteiger partial charge on any atom is 0.159 e. The predicted molar refractivity (Wildman–Crippen MR) is 128 cm³/mol. The van der Waals surface area contributed by atoms with Gasteiger partial charge in [0.05, 0.1) is 13.2 Å². The third-order valence-electron chi connectivity index (χ3n) is 5.72. The molecule has 32 heavy (non-hydrogen) atoms. The highest BCUT2D eigenvalue weighted by atomic mass is 35.5. The first-order valence-electron chi connectivity index (χ1n) is 10.5. The molecular weight excluding hydrogens is 424 g/mol. The van der Waals surface area contributed by atoms with Crippen LogP contribution in [-0.2, 0) is 11.3 Å². The minimum atomic E-state index is 0. The van der Waals surface area contributed by atoms with Crippen LogP contribution in [0.15, 0.2) is 60.8 Å². The summed E-state index contributed by atoms with van der Waals surface area (Å²) in [6.45, 7) is 6.09. The quantitative estimate of drug-likeness (QED) is 0.446. The third kappa shape index (κ3) is 4.58. The normalized spacial score (nSPS) is 14.3. The second kappa shape index (κ2) is 9.61. The van der Waals surface area contributed by atoms with E-state index in [0.717, 1.165) is 66.5 Å². The second-order valence-electron chi connectivity index (χ2n) is 7.86. The Morgan fingerprint density at radius 1 is 1.00 bits per heavy atom. The van der Waals surface area contributed by atoms with Crippen LogP contribution in [0, 0.1) is 0 Å². The van der Waals surface area contributed by atoms with Gasteiger partial charge in [-0.3, -0.25) is 9.69 Å². The maximum absolute atomic E-state index is 11.6. The predicted octanol–water partition coefficient (Wildman–Crippen LogP) is 4.75. The highest BCUT2D eigenvalue weighted by molar-refractivity contribution is 5.96. The van der Waals surface area contributed by atoms with Crippen LogP contribution in [-0.4, -0.2) is 51.9 Å². The van der Waals surface area contributed by atoms with Gasteiger partial charge < -0.3 is 9.72 Å². The Morgan fingerprint density at radius 2 is 1.69 bits per heavy atom. The van der Waals surface area contributed by atoms with Crippen molar-refractivity contribution in [3.8, 4) is 22.5 Å². The molecule has 0 atom stereocenters. The lowest BCUT2D eigenvalue weighted by atomic mass is 10.0. The number of carbonyl (C=O) groups excluding carboxylic acids is 1. The van der Waals surface area contributed by atoms with E-state index in [1.165, 1.54) is 5.56 Å². The zero-order valence-corrected chi connectivity index (χ0v) is 18.7. The van der Waals surface area contributed by atoms with Crippen LogP contribution in [0.4, 0.5) is 0 Å². The lowest BCUT2D eigenvalue weighted by Crippen LogP contribution is -2.35.